The first-order valence-electron chi connectivity index (χ1n) is 9.65. The summed E-state index contributed by atoms with van der Waals surface area (Å²) in [5, 5.41) is 0. The highest BCUT2D eigenvalue weighted by molar-refractivity contribution is 5.58. The third kappa shape index (κ3) is 4.82. The van der Waals surface area contributed by atoms with Gasteiger partial charge in [0.2, 0.25) is 0 Å². The average Bonchev–Trinajstić information content (AvgIpc) is 2.83. The molecule has 1 fully saturated rings. The quantitative estimate of drug-likeness (QED) is 0.514. The van der Waals surface area contributed by atoms with Gasteiger partial charge in [-0.1, -0.05) is 51.8 Å². The molecular weight excluding hydrogens is 290 g/mol. The largest absolute Gasteiger partial charge is 0.262 e. The Morgan fingerprint density at radius 1 is 1.42 bits per heavy atom. The Morgan fingerprint density at radius 2 is 2.17 bits per heavy atom. The SMILES string of the molecule is CC/C=C(C)/C(=C/c1ccnc(C)c1)C(C)C[C@H]1CCCC1(C)C. The van der Waals surface area contributed by atoms with Crippen molar-refractivity contribution >= 4 is 6.08 Å². The van der Waals surface area contributed by atoms with Crippen LogP contribution in [0.2, 0.25) is 0 Å². The van der Waals surface area contributed by atoms with Crippen molar-refractivity contribution in [3.63, 3.8) is 0 Å². The van der Waals surface area contributed by atoms with Crippen LogP contribution in [0, 0.1) is 24.2 Å². The van der Waals surface area contributed by atoms with Crippen molar-refractivity contribution in [1.82, 2.24) is 4.98 Å². The summed E-state index contributed by atoms with van der Waals surface area (Å²) in [5.41, 5.74) is 5.82. The summed E-state index contributed by atoms with van der Waals surface area (Å²) in [6.45, 7) is 13.9. The fourth-order valence-electron chi connectivity index (χ4n) is 4.30. The minimum atomic E-state index is 0.509. The molecule has 1 aromatic rings. The first-order valence-corrected chi connectivity index (χ1v) is 9.65. The van der Waals surface area contributed by atoms with Crippen LogP contribution in [0.5, 0.6) is 0 Å². The standard InChI is InChI=1S/C23H35N/c1-7-9-17(2)22(16-20-11-13-24-19(4)15-20)18(3)14-21-10-8-12-23(21,5)6/h9,11,13,15-16,18,21H,7-8,10,12,14H2,1-6H3/b17-9+,22-16-/t18?,21-/m1/s1. The second-order valence-corrected chi connectivity index (χ2v) is 8.34. The summed E-state index contributed by atoms with van der Waals surface area (Å²) in [4.78, 5) is 4.33. The molecule has 1 nitrogen and oxygen atoms in total. The van der Waals surface area contributed by atoms with E-state index in [9.17, 15) is 0 Å². The van der Waals surface area contributed by atoms with Crippen LogP contribution in [0.3, 0.4) is 0 Å². The van der Waals surface area contributed by atoms with Crippen LogP contribution >= 0.6 is 0 Å². The van der Waals surface area contributed by atoms with Gasteiger partial charge in [-0.05, 0) is 80.1 Å². The molecule has 1 heterocycles. The van der Waals surface area contributed by atoms with Crippen LogP contribution in [0.15, 0.2) is 35.6 Å². The van der Waals surface area contributed by atoms with E-state index in [1.165, 1.54) is 42.4 Å². The predicted octanol–water partition coefficient (Wildman–Crippen LogP) is 6.98. The number of pyridine rings is 1. The van der Waals surface area contributed by atoms with Crippen molar-refractivity contribution in [3.05, 3.63) is 46.8 Å². The number of aromatic nitrogens is 1. The molecule has 24 heavy (non-hydrogen) atoms. The Balaban J connectivity index is 2.27. The van der Waals surface area contributed by atoms with Gasteiger partial charge < -0.3 is 0 Å². The van der Waals surface area contributed by atoms with E-state index >= 15 is 0 Å². The fraction of sp³-hybridized carbons (Fsp3) is 0.609. The molecule has 0 amide bonds. The summed E-state index contributed by atoms with van der Waals surface area (Å²) < 4.78 is 0. The maximum atomic E-state index is 4.33. The maximum absolute atomic E-state index is 4.33. The van der Waals surface area contributed by atoms with E-state index in [-0.39, 0.29) is 0 Å². The van der Waals surface area contributed by atoms with Crippen LogP contribution in [0.25, 0.3) is 6.08 Å². The molecule has 1 aliphatic carbocycles. The second-order valence-electron chi connectivity index (χ2n) is 8.34. The topological polar surface area (TPSA) is 12.9 Å². The molecule has 0 radical (unpaired) electrons. The minimum absolute atomic E-state index is 0.509. The monoisotopic (exact) mass is 325 g/mol. The lowest BCUT2D eigenvalue weighted by Crippen LogP contribution is -2.20. The zero-order valence-corrected chi connectivity index (χ0v) is 16.5. The first kappa shape index (κ1) is 19.0. The molecule has 1 aliphatic rings. The van der Waals surface area contributed by atoms with Crippen LogP contribution in [-0.4, -0.2) is 4.98 Å². The molecule has 1 unspecified atom stereocenters. The van der Waals surface area contributed by atoms with Gasteiger partial charge in [0.05, 0.1) is 0 Å². The van der Waals surface area contributed by atoms with Gasteiger partial charge >= 0.3 is 0 Å². The van der Waals surface area contributed by atoms with Crippen LogP contribution < -0.4 is 0 Å². The molecule has 1 heteroatoms. The smallest absolute Gasteiger partial charge is 0.0378 e. The van der Waals surface area contributed by atoms with Crippen molar-refractivity contribution in [2.24, 2.45) is 17.3 Å². The molecule has 0 aliphatic heterocycles. The number of hydrogen-bond donors (Lipinski definition) is 0. The van der Waals surface area contributed by atoms with Gasteiger partial charge in [-0.15, -0.1) is 0 Å². The van der Waals surface area contributed by atoms with Gasteiger partial charge in [-0.2, -0.15) is 0 Å². The number of rotatable bonds is 6. The molecule has 0 bridgehead atoms. The van der Waals surface area contributed by atoms with Crippen molar-refractivity contribution in [2.45, 2.75) is 73.6 Å². The molecule has 1 aromatic heterocycles. The molecule has 2 atom stereocenters. The van der Waals surface area contributed by atoms with Gasteiger partial charge in [-0.3, -0.25) is 4.98 Å². The lowest BCUT2D eigenvalue weighted by Gasteiger charge is -2.30. The van der Waals surface area contributed by atoms with E-state index in [1.807, 2.05) is 6.20 Å². The van der Waals surface area contributed by atoms with Crippen molar-refractivity contribution in [2.75, 3.05) is 0 Å². The summed E-state index contributed by atoms with van der Waals surface area (Å²) >= 11 is 0. The average molecular weight is 326 g/mol. The molecule has 0 spiro atoms. The van der Waals surface area contributed by atoms with Gasteiger partial charge in [0.25, 0.3) is 0 Å². The van der Waals surface area contributed by atoms with Gasteiger partial charge in [0.15, 0.2) is 0 Å². The van der Waals surface area contributed by atoms with Crippen LogP contribution in [0.4, 0.5) is 0 Å². The van der Waals surface area contributed by atoms with Crippen LogP contribution in [0.1, 0.15) is 78.0 Å². The Hall–Kier alpha value is -1.37. The lowest BCUT2D eigenvalue weighted by atomic mass is 9.75. The van der Waals surface area contributed by atoms with Gasteiger partial charge in [-0.25, -0.2) is 0 Å². The Morgan fingerprint density at radius 3 is 2.75 bits per heavy atom. The fourth-order valence-corrected chi connectivity index (χ4v) is 4.30. The van der Waals surface area contributed by atoms with E-state index in [4.69, 9.17) is 0 Å². The number of aryl methyl sites for hydroxylation is 1. The first-order chi connectivity index (χ1) is 11.3. The van der Waals surface area contributed by atoms with Crippen molar-refractivity contribution < 1.29 is 0 Å². The zero-order valence-electron chi connectivity index (χ0n) is 16.5. The molecule has 0 aromatic carbocycles. The van der Waals surface area contributed by atoms with E-state index in [1.54, 1.807) is 0 Å². The normalized spacial score (nSPS) is 22.7. The van der Waals surface area contributed by atoms with Crippen molar-refractivity contribution in [3.8, 4) is 0 Å². The predicted molar refractivity (Wildman–Crippen MR) is 106 cm³/mol. The lowest BCUT2D eigenvalue weighted by molar-refractivity contribution is 0.228. The van der Waals surface area contributed by atoms with E-state index in [0.717, 1.165) is 18.0 Å². The number of nitrogens with zero attached hydrogens (tertiary/aromatic N) is 1. The molecule has 132 valence electrons. The Bertz CT molecular complexity index is 606. The number of hydrogen-bond acceptors (Lipinski definition) is 1. The highest BCUT2D eigenvalue weighted by Gasteiger charge is 2.35. The number of allylic oxidation sites excluding steroid dienone is 3. The molecule has 0 N–H and O–H groups in total. The summed E-state index contributed by atoms with van der Waals surface area (Å²) in [6, 6.07) is 4.31. The minimum Gasteiger partial charge on any atom is -0.262 e. The summed E-state index contributed by atoms with van der Waals surface area (Å²) in [5.74, 6) is 1.45. The van der Waals surface area contributed by atoms with E-state index in [2.05, 4.69) is 70.8 Å². The molecular formula is C23H35N. The summed E-state index contributed by atoms with van der Waals surface area (Å²) in [6.07, 6.45) is 13.3. The molecule has 1 saturated carbocycles. The van der Waals surface area contributed by atoms with E-state index in [0.29, 0.717) is 11.3 Å². The van der Waals surface area contributed by atoms with Gasteiger partial charge in [0, 0.05) is 11.9 Å². The maximum Gasteiger partial charge on any atom is 0.0378 e. The highest BCUT2D eigenvalue weighted by atomic mass is 14.6. The molecule has 0 saturated heterocycles. The van der Waals surface area contributed by atoms with Crippen LogP contribution in [-0.2, 0) is 0 Å². The highest BCUT2D eigenvalue weighted by Crippen LogP contribution is 2.46. The molecule has 2 rings (SSSR count). The van der Waals surface area contributed by atoms with Crippen molar-refractivity contribution in [1.29, 1.82) is 0 Å². The Labute approximate surface area is 149 Å². The zero-order chi connectivity index (χ0) is 17.7. The van der Waals surface area contributed by atoms with E-state index < -0.39 is 0 Å². The third-order valence-corrected chi connectivity index (χ3v) is 5.86. The summed E-state index contributed by atoms with van der Waals surface area (Å²) in [7, 11) is 0. The second kappa shape index (κ2) is 8.14. The third-order valence-electron chi connectivity index (χ3n) is 5.86. The van der Waals surface area contributed by atoms with Gasteiger partial charge in [0.1, 0.15) is 0 Å². The Kier molecular flexibility index (Phi) is 6.43.